The van der Waals surface area contributed by atoms with Gasteiger partial charge < -0.3 is 19.5 Å². The van der Waals surface area contributed by atoms with Crippen molar-refractivity contribution >= 4 is 35.1 Å². The first kappa shape index (κ1) is 29.4. The van der Waals surface area contributed by atoms with Crippen LogP contribution in [0, 0.1) is 11.6 Å². The summed E-state index contributed by atoms with van der Waals surface area (Å²) >= 11 is 11.4. The number of carbonyl (C=O) groups is 2. The molecule has 1 N–H and O–H groups in total. The fourth-order valence-electron chi connectivity index (χ4n) is 5.28. The summed E-state index contributed by atoms with van der Waals surface area (Å²) in [5.41, 5.74) is -1.18. The SMILES string of the molecule is CC(C)(C)OC(=O)CN(CCCOc1ccc(Cl)c(F)c1)C12CC(NC(=O)COc3ccc(Cl)c(F)c3)(C1)C2. The molecule has 3 aliphatic carbocycles. The lowest BCUT2D eigenvalue weighted by atomic mass is 9.43. The zero-order valence-corrected chi connectivity index (χ0v) is 23.6. The lowest BCUT2D eigenvalue weighted by Crippen LogP contribution is -2.84. The largest absolute Gasteiger partial charge is 0.493 e. The Hall–Kier alpha value is -2.62. The molecule has 3 aliphatic rings. The summed E-state index contributed by atoms with van der Waals surface area (Å²) in [6.07, 6.45) is 2.66. The van der Waals surface area contributed by atoms with Gasteiger partial charge in [0.15, 0.2) is 6.61 Å². The molecule has 3 fully saturated rings. The number of hydrogen-bond donors (Lipinski definition) is 1. The van der Waals surface area contributed by atoms with Gasteiger partial charge in [0.1, 0.15) is 28.7 Å². The molecule has 0 spiro atoms. The average molecular weight is 585 g/mol. The summed E-state index contributed by atoms with van der Waals surface area (Å²) in [5.74, 6) is -1.20. The van der Waals surface area contributed by atoms with Crippen molar-refractivity contribution in [3.05, 3.63) is 58.1 Å². The van der Waals surface area contributed by atoms with Crippen LogP contribution < -0.4 is 14.8 Å². The van der Waals surface area contributed by atoms with Gasteiger partial charge in [0.05, 0.1) is 23.2 Å². The first-order valence-corrected chi connectivity index (χ1v) is 13.5. The highest BCUT2D eigenvalue weighted by molar-refractivity contribution is 6.31. The van der Waals surface area contributed by atoms with E-state index in [0.29, 0.717) is 44.6 Å². The summed E-state index contributed by atoms with van der Waals surface area (Å²) in [6.45, 7) is 6.21. The van der Waals surface area contributed by atoms with Crippen LogP contribution in [0.5, 0.6) is 11.5 Å². The number of hydrogen-bond acceptors (Lipinski definition) is 6. The van der Waals surface area contributed by atoms with Gasteiger partial charge in [-0.2, -0.15) is 0 Å². The number of carbonyl (C=O) groups excluding carboxylic acids is 2. The summed E-state index contributed by atoms with van der Waals surface area (Å²) in [4.78, 5) is 27.2. The normalized spacial score (nSPS) is 21.5. The maximum absolute atomic E-state index is 13.7. The second-order valence-corrected chi connectivity index (χ2v) is 12.0. The number of halogens is 4. The number of nitrogens with one attached hydrogen (secondary N) is 1. The van der Waals surface area contributed by atoms with Gasteiger partial charge in [-0.3, -0.25) is 14.5 Å². The first-order valence-electron chi connectivity index (χ1n) is 12.7. The Labute approximate surface area is 236 Å². The second-order valence-electron chi connectivity index (χ2n) is 11.2. The highest BCUT2D eigenvalue weighted by Crippen LogP contribution is 2.63. The number of amides is 1. The maximum atomic E-state index is 13.7. The Morgan fingerprint density at radius 1 is 0.974 bits per heavy atom. The monoisotopic (exact) mass is 584 g/mol. The molecule has 2 bridgehead atoms. The molecule has 0 aromatic heterocycles. The third-order valence-electron chi connectivity index (χ3n) is 6.81. The third-order valence-corrected chi connectivity index (χ3v) is 7.42. The van der Waals surface area contributed by atoms with Crippen LogP contribution in [0.1, 0.15) is 46.5 Å². The van der Waals surface area contributed by atoms with Crippen molar-refractivity contribution in [3.63, 3.8) is 0 Å². The Morgan fingerprint density at radius 3 is 2.08 bits per heavy atom. The summed E-state index contributed by atoms with van der Waals surface area (Å²) in [5, 5.41) is 3.03. The topological polar surface area (TPSA) is 77.1 Å². The van der Waals surface area contributed by atoms with Crippen molar-refractivity contribution in [2.75, 3.05) is 26.3 Å². The molecule has 11 heteroatoms. The van der Waals surface area contributed by atoms with Crippen LogP contribution in [0.25, 0.3) is 0 Å². The number of ether oxygens (including phenoxy) is 3. The van der Waals surface area contributed by atoms with E-state index in [1.165, 1.54) is 24.3 Å². The zero-order chi connectivity index (χ0) is 28.4. The molecule has 0 unspecified atom stereocenters. The van der Waals surface area contributed by atoms with Gasteiger partial charge >= 0.3 is 5.97 Å². The van der Waals surface area contributed by atoms with Crippen molar-refractivity contribution in [2.45, 2.75) is 63.1 Å². The average Bonchev–Trinajstić information content (AvgIpc) is 2.79. The molecular formula is C28H32Cl2F2N2O5. The number of nitrogens with zero attached hydrogens (tertiary/aromatic N) is 1. The molecule has 2 aromatic carbocycles. The van der Waals surface area contributed by atoms with Gasteiger partial charge in [0.25, 0.3) is 5.91 Å². The highest BCUT2D eigenvalue weighted by Gasteiger charge is 2.70. The molecule has 0 heterocycles. The van der Waals surface area contributed by atoms with Crippen LogP contribution in [-0.4, -0.2) is 59.8 Å². The molecular weight excluding hydrogens is 553 g/mol. The van der Waals surface area contributed by atoms with E-state index < -0.39 is 17.2 Å². The van der Waals surface area contributed by atoms with Crippen molar-refractivity contribution in [3.8, 4) is 11.5 Å². The Bertz CT molecular complexity index is 1220. The van der Waals surface area contributed by atoms with Crippen LogP contribution in [0.3, 0.4) is 0 Å². The van der Waals surface area contributed by atoms with E-state index in [1.54, 1.807) is 6.07 Å². The van der Waals surface area contributed by atoms with Crippen LogP contribution in [-0.2, 0) is 14.3 Å². The molecule has 7 nitrogen and oxygen atoms in total. The van der Waals surface area contributed by atoms with Gasteiger partial charge in [-0.05, 0) is 70.7 Å². The van der Waals surface area contributed by atoms with Crippen LogP contribution in [0.2, 0.25) is 10.0 Å². The van der Waals surface area contributed by atoms with E-state index in [0.717, 1.165) is 6.07 Å². The lowest BCUT2D eigenvalue weighted by Gasteiger charge is -2.73. The van der Waals surface area contributed by atoms with Gasteiger partial charge in [-0.1, -0.05) is 23.2 Å². The van der Waals surface area contributed by atoms with Gasteiger partial charge in [0, 0.05) is 29.8 Å². The van der Waals surface area contributed by atoms with Gasteiger partial charge in [0.2, 0.25) is 0 Å². The summed E-state index contributed by atoms with van der Waals surface area (Å²) < 4.78 is 43.9. The molecule has 1 amide bonds. The fraction of sp³-hybridized carbons (Fsp3) is 0.500. The van der Waals surface area contributed by atoms with E-state index in [1.807, 2.05) is 20.8 Å². The van der Waals surface area contributed by atoms with E-state index >= 15 is 0 Å². The number of rotatable bonds is 12. The highest BCUT2D eigenvalue weighted by atomic mass is 35.5. The Kier molecular flexibility index (Phi) is 8.64. The van der Waals surface area contributed by atoms with Crippen molar-refractivity contribution < 1.29 is 32.6 Å². The lowest BCUT2D eigenvalue weighted by molar-refractivity contribution is -0.194. The summed E-state index contributed by atoms with van der Waals surface area (Å²) in [7, 11) is 0. The van der Waals surface area contributed by atoms with Crippen LogP contribution in [0.4, 0.5) is 8.78 Å². The first-order chi connectivity index (χ1) is 18.3. The van der Waals surface area contributed by atoms with Crippen molar-refractivity contribution in [1.82, 2.24) is 10.2 Å². The smallest absolute Gasteiger partial charge is 0.320 e. The van der Waals surface area contributed by atoms with Crippen molar-refractivity contribution in [2.24, 2.45) is 0 Å². The van der Waals surface area contributed by atoms with E-state index in [9.17, 15) is 18.4 Å². The molecule has 39 heavy (non-hydrogen) atoms. The van der Waals surface area contributed by atoms with Gasteiger partial charge in [-0.25, -0.2) is 8.78 Å². The zero-order valence-electron chi connectivity index (χ0n) is 22.1. The standard InChI is InChI=1S/C28H32Cl2F2N2O5/c1-26(2,3)39-25(36)13-34(9-4-10-37-18-5-7-20(29)22(31)11-18)28-15-27(16-28,17-28)33-24(35)14-38-19-6-8-21(30)23(32)12-19/h5-8,11-12H,4,9-10,13-17H2,1-3H3,(H,33,35). The molecule has 3 saturated carbocycles. The number of benzene rings is 2. The molecule has 212 valence electrons. The number of esters is 1. The third kappa shape index (κ3) is 7.32. The quantitative estimate of drug-likeness (QED) is 0.260. The molecule has 0 saturated heterocycles. The molecule has 0 aliphatic heterocycles. The minimum Gasteiger partial charge on any atom is -0.493 e. The minimum absolute atomic E-state index is 0.0210. The Balaban J connectivity index is 1.28. The van der Waals surface area contributed by atoms with Crippen molar-refractivity contribution in [1.29, 1.82) is 0 Å². The molecule has 5 rings (SSSR count). The predicted molar refractivity (Wildman–Crippen MR) is 143 cm³/mol. The molecule has 0 atom stereocenters. The molecule has 0 radical (unpaired) electrons. The minimum atomic E-state index is -0.619. The predicted octanol–water partition coefficient (Wildman–Crippen LogP) is 5.55. The van der Waals surface area contributed by atoms with E-state index in [4.69, 9.17) is 37.4 Å². The second kappa shape index (κ2) is 11.5. The Morgan fingerprint density at radius 2 is 1.54 bits per heavy atom. The van der Waals surface area contributed by atoms with Gasteiger partial charge in [-0.15, -0.1) is 0 Å². The summed E-state index contributed by atoms with van der Waals surface area (Å²) in [6, 6.07) is 8.28. The molecule has 2 aromatic rings. The maximum Gasteiger partial charge on any atom is 0.320 e. The fourth-order valence-corrected chi connectivity index (χ4v) is 5.51. The van der Waals surface area contributed by atoms with E-state index in [-0.39, 0.29) is 51.9 Å². The van der Waals surface area contributed by atoms with Crippen LogP contribution in [0.15, 0.2) is 36.4 Å². The van der Waals surface area contributed by atoms with Crippen LogP contribution >= 0.6 is 23.2 Å². The van der Waals surface area contributed by atoms with E-state index in [2.05, 4.69) is 10.2 Å².